The SMILES string of the molecule is C[C@@]1(O)COCCN(c2nc(OC[C@@]34CCCN3C[C@H](F)C4)nc3oc4c(I)nn(C(F)F)c4c23)C1. The van der Waals surface area contributed by atoms with Crippen LogP contribution in [0.4, 0.5) is 19.0 Å². The van der Waals surface area contributed by atoms with Crippen molar-refractivity contribution in [2.45, 2.75) is 50.0 Å². The molecule has 36 heavy (non-hydrogen) atoms. The van der Waals surface area contributed by atoms with Gasteiger partial charge < -0.3 is 23.9 Å². The molecule has 0 aromatic carbocycles. The van der Waals surface area contributed by atoms with Gasteiger partial charge in [0, 0.05) is 19.5 Å². The highest BCUT2D eigenvalue weighted by Gasteiger charge is 2.49. The number of aliphatic hydroxyl groups is 1. The largest absolute Gasteiger partial charge is 0.461 e. The summed E-state index contributed by atoms with van der Waals surface area (Å²) in [5, 5.41) is 15.0. The lowest BCUT2D eigenvalue weighted by Gasteiger charge is -2.31. The zero-order valence-corrected chi connectivity index (χ0v) is 21.8. The van der Waals surface area contributed by atoms with Crippen molar-refractivity contribution in [3.05, 3.63) is 3.70 Å². The van der Waals surface area contributed by atoms with Crippen molar-refractivity contribution in [3.63, 3.8) is 0 Å². The van der Waals surface area contributed by atoms with E-state index in [2.05, 4.69) is 20.0 Å². The second-order valence-corrected chi connectivity index (χ2v) is 11.2. The van der Waals surface area contributed by atoms with E-state index in [1.807, 2.05) is 22.6 Å². The van der Waals surface area contributed by atoms with Crippen LogP contribution in [0, 0.1) is 3.70 Å². The smallest absolute Gasteiger partial charge is 0.333 e. The summed E-state index contributed by atoms with van der Waals surface area (Å²) in [7, 11) is 0. The molecule has 14 heteroatoms. The van der Waals surface area contributed by atoms with Crippen molar-refractivity contribution in [2.75, 3.05) is 50.9 Å². The quantitative estimate of drug-likeness (QED) is 0.431. The van der Waals surface area contributed by atoms with Crippen molar-refractivity contribution in [1.82, 2.24) is 24.6 Å². The molecule has 1 N–H and O–H groups in total. The van der Waals surface area contributed by atoms with E-state index in [-0.39, 0.29) is 57.5 Å². The third kappa shape index (κ3) is 4.09. The fourth-order valence-corrected chi connectivity index (χ4v) is 6.36. The number of hydrogen-bond donors (Lipinski definition) is 1. The molecule has 3 atom stereocenters. The van der Waals surface area contributed by atoms with Crippen molar-refractivity contribution < 1.29 is 32.2 Å². The van der Waals surface area contributed by atoms with E-state index in [1.165, 1.54) is 0 Å². The lowest BCUT2D eigenvalue weighted by Crippen LogP contribution is -2.43. The highest BCUT2D eigenvalue weighted by molar-refractivity contribution is 14.1. The maximum Gasteiger partial charge on any atom is 0.333 e. The van der Waals surface area contributed by atoms with Crippen molar-refractivity contribution >= 4 is 50.6 Å². The average Bonchev–Trinajstić information content (AvgIpc) is 3.50. The molecule has 3 aliphatic rings. The molecule has 3 saturated heterocycles. The summed E-state index contributed by atoms with van der Waals surface area (Å²) < 4.78 is 60.3. The molecule has 3 aliphatic heterocycles. The predicted octanol–water partition coefficient (Wildman–Crippen LogP) is 3.12. The number of rotatable bonds is 5. The number of ether oxygens (including phenoxy) is 2. The van der Waals surface area contributed by atoms with Crippen LogP contribution in [0.25, 0.3) is 22.2 Å². The number of aromatic nitrogens is 4. The molecule has 10 nitrogen and oxygen atoms in total. The molecule has 6 heterocycles. The molecule has 0 unspecified atom stereocenters. The third-order valence-corrected chi connectivity index (χ3v) is 7.97. The molecule has 3 aromatic rings. The third-order valence-electron chi connectivity index (χ3n) is 7.26. The Bertz CT molecular complexity index is 1300. The number of halogens is 4. The molecular weight excluding hydrogens is 596 g/mol. The first kappa shape index (κ1) is 24.4. The molecule has 0 saturated carbocycles. The Balaban J connectivity index is 1.45. The van der Waals surface area contributed by atoms with Crippen LogP contribution in [-0.2, 0) is 4.74 Å². The van der Waals surface area contributed by atoms with Crippen LogP contribution in [0.3, 0.4) is 0 Å². The van der Waals surface area contributed by atoms with Crippen molar-refractivity contribution in [3.8, 4) is 6.01 Å². The highest BCUT2D eigenvalue weighted by Crippen LogP contribution is 2.42. The molecule has 0 aliphatic carbocycles. The first-order chi connectivity index (χ1) is 17.2. The van der Waals surface area contributed by atoms with Gasteiger partial charge in [-0.05, 0) is 48.9 Å². The van der Waals surface area contributed by atoms with Gasteiger partial charge in [0.05, 0.1) is 25.3 Å². The van der Waals surface area contributed by atoms with Crippen LogP contribution in [0.5, 0.6) is 6.01 Å². The summed E-state index contributed by atoms with van der Waals surface area (Å²) in [6.07, 6.45) is 1.28. The normalized spacial score (nSPS) is 29.5. The fourth-order valence-electron chi connectivity index (χ4n) is 5.76. The van der Waals surface area contributed by atoms with Gasteiger partial charge in [0.25, 0.3) is 0 Å². The Morgan fingerprint density at radius 2 is 2.14 bits per heavy atom. The van der Waals surface area contributed by atoms with Crippen LogP contribution in [0.1, 0.15) is 32.7 Å². The van der Waals surface area contributed by atoms with Crippen LogP contribution in [0.2, 0.25) is 0 Å². The zero-order chi connectivity index (χ0) is 25.2. The minimum Gasteiger partial charge on any atom is -0.461 e. The Labute approximate surface area is 217 Å². The summed E-state index contributed by atoms with van der Waals surface area (Å²) in [5.41, 5.74) is -1.27. The van der Waals surface area contributed by atoms with Gasteiger partial charge in [0.15, 0.2) is 9.28 Å². The van der Waals surface area contributed by atoms with E-state index in [1.54, 1.807) is 11.8 Å². The highest BCUT2D eigenvalue weighted by atomic mass is 127. The standard InChI is InChI=1S/C22H26F3IN6O4/c1-21(33)9-30(5-6-34-10-21)17-13-14-15(16(26)29-32(14)19(24)25)36-18(13)28-20(27-17)35-11-22-3-2-4-31(22)8-12(23)7-22/h12,19,33H,2-11H2,1H3/t12-,21+,22+/m1/s1. The van der Waals surface area contributed by atoms with E-state index in [0.29, 0.717) is 30.8 Å². The van der Waals surface area contributed by atoms with Gasteiger partial charge in [-0.15, -0.1) is 0 Å². The Hall–Kier alpha value is -1.91. The van der Waals surface area contributed by atoms with Crippen LogP contribution in [0.15, 0.2) is 4.42 Å². The van der Waals surface area contributed by atoms with E-state index in [9.17, 15) is 18.3 Å². The predicted molar refractivity (Wildman–Crippen MR) is 131 cm³/mol. The number of fused-ring (bicyclic) bond motifs is 4. The second-order valence-electron chi connectivity index (χ2n) is 10.1. The van der Waals surface area contributed by atoms with Crippen molar-refractivity contribution in [1.29, 1.82) is 0 Å². The average molecular weight is 622 g/mol. The minimum absolute atomic E-state index is 0.00816. The molecule has 3 fully saturated rings. The van der Waals surface area contributed by atoms with Crippen LogP contribution >= 0.6 is 22.6 Å². The first-order valence-corrected chi connectivity index (χ1v) is 13.0. The summed E-state index contributed by atoms with van der Waals surface area (Å²) >= 11 is 1.84. The molecule has 6 rings (SSSR count). The lowest BCUT2D eigenvalue weighted by atomic mass is 9.95. The van der Waals surface area contributed by atoms with Gasteiger partial charge in [-0.25, -0.2) is 4.39 Å². The lowest BCUT2D eigenvalue weighted by molar-refractivity contribution is -0.0123. The second kappa shape index (κ2) is 8.84. The summed E-state index contributed by atoms with van der Waals surface area (Å²) in [6, 6.07) is 0.00816. The van der Waals surface area contributed by atoms with Gasteiger partial charge in [-0.2, -0.15) is 28.5 Å². The van der Waals surface area contributed by atoms with E-state index >= 15 is 0 Å². The number of anilines is 1. The number of alkyl halides is 3. The number of hydrogen-bond acceptors (Lipinski definition) is 9. The van der Waals surface area contributed by atoms with Crippen LogP contribution in [-0.4, -0.2) is 93.1 Å². The number of furan rings is 1. The van der Waals surface area contributed by atoms with Gasteiger partial charge >= 0.3 is 12.6 Å². The van der Waals surface area contributed by atoms with Crippen molar-refractivity contribution in [2.24, 2.45) is 0 Å². The Morgan fingerprint density at radius 3 is 2.94 bits per heavy atom. The van der Waals surface area contributed by atoms with Gasteiger partial charge in [0.2, 0.25) is 5.71 Å². The molecule has 196 valence electrons. The molecule has 0 spiro atoms. The van der Waals surface area contributed by atoms with E-state index in [0.717, 1.165) is 19.4 Å². The minimum atomic E-state index is -2.90. The number of β-amino-alcohol motifs (C(OH)–C–C–N with tert-alkyl or cyclic N) is 1. The first-order valence-electron chi connectivity index (χ1n) is 11.9. The fraction of sp³-hybridized carbons (Fsp3) is 0.682. The monoisotopic (exact) mass is 622 g/mol. The Kier molecular flexibility index (Phi) is 6.00. The zero-order valence-electron chi connectivity index (χ0n) is 19.6. The maximum atomic E-state index is 14.2. The van der Waals surface area contributed by atoms with Gasteiger partial charge in [-0.3, -0.25) is 4.90 Å². The topological polar surface area (TPSA) is 102 Å². The number of nitrogens with zero attached hydrogens (tertiary/aromatic N) is 6. The maximum absolute atomic E-state index is 14.2. The van der Waals surface area contributed by atoms with E-state index < -0.39 is 23.9 Å². The van der Waals surface area contributed by atoms with E-state index in [4.69, 9.17) is 13.9 Å². The van der Waals surface area contributed by atoms with Crippen LogP contribution < -0.4 is 9.64 Å². The Morgan fingerprint density at radius 1 is 1.31 bits per heavy atom. The van der Waals surface area contributed by atoms with Gasteiger partial charge in [-0.1, -0.05) is 0 Å². The van der Waals surface area contributed by atoms with Gasteiger partial charge in [0.1, 0.15) is 35.1 Å². The summed E-state index contributed by atoms with van der Waals surface area (Å²) in [4.78, 5) is 12.9. The molecule has 0 radical (unpaired) electrons. The molecular formula is C22H26F3IN6O4. The summed E-state index contributed by atoms with van der Waals surface area (Å²) in [6.45, 7) is 1.09. The molecule has 3 aromatic heterocycles. The summed E-state index contributed by atoms with van der Waals surface area (Å²) in [5.74, 6) is 0.285. The molecule has 0 bridgehead atoms. The molecule has 0 amide bonds.